The number of nitriles is 1. The average molecular weight is 525 g/mol. The molecule has 1 N–H and O–H groups in total. The van der Waals surface area contributed by atoms with E-state index in [4.69, 9.17) is 0 Å². The maximum absolute atomic E-state index is 13.0. The predicted molar refractivity (Wildman–Crippen MR) is 138 cm³/mol. The number of carbonyl (C=O) groups excluding carboxylic acids is 2. The molecule has 1 unspecified atom stereocenters. The largest absolute Gasteiger partial charge is 0.350 e. The molecule has 1 heterocycles. The van der Waals surface area contributed by atoms with Crippen molar-refractivity contribution in [2.24, 2.45) is 5.92 Å². The lowest BCUT2D eigenvalue weighted by Gasteiger charge is -2.31. The van der Waals surface area contributed by atoms with Gasteiger partial charge in [0.05, 0.1) is 11.5 Å². The summed E-state index contributed by atoms with van der Waals surface area (Å²) in [5.74, 6) is 0.117. The van der Waals surface area contributed by atoms with Crippen LogP contribution in [0.5, 0.6) is 0 Å². The first-order chi connectivity index (χ1) is 16.4. The summed E-state index contributed by atoms with van der Waals surface area (Å²) in [5, 5.41) is 13.0. The van der Waals surface area contributed by atoms with Crippen molar-refractivity contribution in [1.82, 2.24) is 10.2 Å². The summed E-state index contributed by atoms with van der Waals surface area (Å²) in [7, 11) is 0. The number of rotatable bonds is 10. The van der Waals surface area contributed by atoms with Gasteiger partial charge in [0.15, 0.2) is 0 Å². The number of carbonyl (C=O) groups is 2. The fraction of sp³-hybridized carbons (Fsp3) is 0.464. The van der Waals surface area contributed by atoms with Crippen LogP contribution in [-0.2, 0) is 21.5 Å². The van der Waals surface area contributed by atoms with Gasteiger partial charge in [-0.2, -0.15) is 5.26 Å². The van der Waals surface area contributed by atoms with E-state index in [9.17, 15) is 14.9 Å². The van der Waals surface area contributed by atoms with Gasteiger partial charge in [0, 0.05) is 24.0 Å². The van der Waals surface area contributed by atoms with Crippen LogP contribution in [0.15, 0.2) is 59.1 Å². The van der Waals surface area contributed by atoms with Crippen molar-refractivity contribution in [3.05, 3.63) is 70.2 Å². The van der Waals surface area contributed by atoms with Crippen LogP contribution >= 0.6 is 15.9 Å². The SMILES string of the molecule is CC(C)C(C#N)(CCCCC(=O)N1CCC[C@@H]1C(=O)NCc1ccccc1Br)c1ccccc1. The van der Waals surface area contributed by atoms with Gasteiger partial charge >= 0.3 is 0 Å². The van der Waals surface area contributed by atoms with E-state index in [2.05, 4.69) is 41.2 Å². The molecule has 3 rings (SSSR count). The minimum absolute atomic E-state index is 0.0327. The van der Waals surface area contributed by atoms with E-state index in [0.717, 1.165) is 28.4 Å². The zero-order valence-electron chi connectivity index (χ0n) is 20.1. The Balaban J connectivity index is 1.52. The van der Waals surface area contributed by atoms with E-state index in [1.54, 1.807) is 4.90 Å². The molecule has 0 radical (unpaired) electrons. The van der Waals surface area contributed by atoms with Crippen LogP contribution in [-0.4, -0.2) is 29.3 Å². The highest BCUT2D eigenvalue weighted by molar-refractivity contribution is 9.10. The lowest BCUT2D eigenvalue weighted by atomic mass is 9.69. The smallest absolute Gasteiger partial charge is 0.243 e. The number of benzene rings is 2. The Labute approximate surface area is 211 Å². The molecule has 0 spiro atoms. The first-order valence-corrected chi connectivity index (χ1v) is 13.0. The number of hydrogen-bond donors (Lipinski definition) is 1. The van der Waals surface area contributed by atoms with E-state index in [1.165, 1.54) is 0 Å². The average Bonchev–Trinajstić information content (AvgIpc) is 3.34. The quantitative estimate of drug-likeness (QED) is 0.403. The number of likely N-dealkylation sites (tertiary alicyclic amines) is 1. The van der Waals surface area contributed by atoms with E-state index in [1.807, 2.05) is 54.6 Å². The molecule has 2 aromatic carbocycles. The van der Waals surface area contributed by atoms with Crippen LogP contribution in [0.4, 0.5) is 0 Å². The Hall–Kier alpha value is -2.65. The molecule has 34 heavy (non-hydrogen) atoms. The van der Waals surface area contributed by atoms with Crippen molar-refractivity contribution in [1.29, 1.82) is 5.26 Å². The topological polar surface area (TPSA) is 73.2 Å². The monoisotopic (exact) mass is 523 g/mol. The summed E-state index contributed by atoms with van der Waals surface area (Å²) in [5.41, 5.74) is 1.50. The highest BCUT2D eigenvalue weighted by atomic mass is 79.9. The second-order valence-electron chi connectivity index (χ2n) is 9.37. The Morgan fingerprint density at radius 2 is 1.85 bits per heavy atom. The number of nitrogens with one attached hydrogen (secondary N) is 1. The molecule has 180 valence electrons. The minimum Gasteiger partial charge on any atom is -0.350 e. The van der Waals surface area contributed by atoms with Crippen LogP contribution in [0.3, 0.4) is 0 Å². The molecule has 1 fully saturated rings. The van der Waals surface area contributed by atoms with Crippen molar-refractivity contribution in [2.75, 3.05) is 6.54 Å². The number of halogens is 1. The summed E-state index contributed by atoms with van der Waals surface area (Å²) in [6.45, 7) is 5.24. The van der Waals surface area contributed by atoms with Gasteiger partial charge in [-0.15, -0.1) is 0 Å². The predicted octanol–water partition coefficient (Wildman–Crippen LogP) is 5.73. The maximum Gasteiger partial charge on any atom is 0.243 e. The minimum atomic E-state index is -0.550. The van der Waals surface area contributed by atoms with E-state index in [0.29, 0.717) is 38.8 Å². The van der Waals surface area contributed by atoms with Gasteiger partial charge < -0.3 is 10.2 Å². The van der Waals surface area contributed by atoms with Crippen molar-refractivity contribution in [3.63, 3.8) is 0 Å². The van der Waals surface area contributed by atoms with Crippen LogP contribution in [0.2, 0.25) is 0 Å². The third-order valence-electron chi connectivity index (χ3n) is 6.97. The zero-order chi connectivity index (χ0) is 24.6. The summed E-state index contributed by atoms with van der Waals surface area (Å²) in [6, 6.07) is 19.9. The van der Waals surface area contributed by atoms with Gasteiger partial charge in [-0.3, -0.25) is 9.59 Å². The van der Waals surface area contributed by atoms with Crippen LogP contribution in [0.1, 0.15) is 63.5 Å². The van der Waals surface area contributed by atoms with Gasteiger partial charge in [0.1, 0.15) is 6.04 Å². The molecular formula is C28H34BrN3O2. The molecule has 5 nitrogen and oxygen atoms in total. The number of hydrogen-bond acceptors (Lipinski definition) is 3. The first-order valence-electron chi connectivity index (χ1n) is 12.2. The second kappa shape index (κ2) is 12.2. The molecule has 2 amide bonds. The molecule has 0 aliphatic carbocycles. The van der Waals surface area contributed by atoms with Gasteiger partial charge in [0.25, 0.3) is 0 Å². The number of nitrogens with zero attached hydrogens (tertiary/aromatic N) is 2. The van der Waals surface area contributed by atoms with E-state index < -0.39 is 11.5 Å². The van der Waals surface area contributed by atoms with Crippen LogP contribution in [0.25, 0.3) is 0 Å². The lowest BCUT2D eigenvalue weighted by Crippen LogP contribution is -2.45. The molecule has 2 atom stereocenters. The van der Waals surface area contributed by atoms with E-state index >= 15 is 0 Å². The fourth-order valence-corrected chi connectivity index (χ4v) is 5.28. The van der Waals surface area contributed by atoms with Crippen molar-refractivity contribution in [3.8, 4) is 6.07 Å². The van der Waals surface area contributed by atoms with Gasteiger partial charge in [0.2, 0.25) is 11.8 Å². The second-order valence-corrected chi connectivity index (χ2v) is 10.2. The van der Waals surface area contributed by atoms with Crippen molar-refractivity contribution >= 4 is 27.7 Å². The summed E-state index contributed by atoms with van der Waals surface area (Å²) < 4.78 is 0.958. The first kappa shape index (κ1) is 26.0. The molecule has 0 saturated carbocycles. The van der Waals surface area contributed by atoms with Crippen LogP contribution < -0.4 is 5.32 Å². The molecule has 0 bridgehead atoms. The summed E-state index contributed by atoms with van der Waals surface area (Å²) in [4.78, 5) is 27.5. The van der Waals surface area contributed by atoms with Gasteiger partial charge in [-0.05, 0) is 48.8 Å². The van der Waals surface area contributed by atoms with Gasteiger partial charge in [-0.25, -0.2) is 0 Å². The zero-order valence-corrected chi connectivity index (χ0v) is 21.7. The lowest BCUT2D eigenvalue weighted by molar-refractivity contribution is -0.138. The summed E-state index contributed by atoms with van der Waals surface area (Å²) >= 11 is 3.51. The Bertz CT molecular complexity index is 1020. The molecule has 0 aromatic heterocycles. The molecular weight excluding hydrogens is 490 g/mol. The highest BCUT2D eigenvalue weighted by Crippen LogP contribution is 2.37. The molecule has 2 aromatic rings. The molecule has 1 saturated heterocycles. The summed E-state index contributed by atoms with van der Waals surface area (Å²) in [6.07, 6.45) is 4.17. The Morgan fingerprint density at radius 3 is 2.53 bits per heavy atom. The molecule has 6 heteroatoms. The van der Waals surface area contributed by atoms with Crippen LogP contribution in [0, 0.1) is 17.2 Å². The van der Waals surface area contributed by atoms with Crippen molar-refractivity contribution in [2.45, 2.75) is 70.4 Å². The van der Waals surface area contributed by atoms with Gasteiger partial charge in [-0.1, -0.05) is 84.7 Å². The third-order valence-corrected chi connectivity index (χ3v) is 7.75. The fourth-order valence-electron chi connectivity index (χ4n) is 4.85. The van der Waals surface area contributed by atoms with Crippen molar-refractivity contribution < 1.29 is 9.59 Å². The number of unbranched alkanes of at least 4 members (excludes halogenated alkanes) is 1. The maximum atomic E-state index is 13.0. The third kappa shape index (κ3) is 6.07. The van der Waals surface area contributed by atoms with E-state index in [-0.39, 0.29) is 17.7 Å². The molecule has 1 aliphatic rings. The standard InChI is InChI=1S/C28H34BrN3O2/c1-21(2)28(20-30,23-12-4-3-5-13-23)17-9-8-16-26(33)32-18-10-15-25(32)27(34)31-19-22-11-6-7-14-24(22)29/h3-7,11-14,21,25H,8-10,15-19H2,1-2H3,(H,31,34)/t25-,28?/m1/s1. The highest BCUT2D eigenvalue weighted by Gasteiger charge is 2.36. The molecule has 1 aliphatic heterocycles. The number of amides is 2. The Kier molecular flexibility index (Phi) is 9.29. The Morgan fingerprint density at radius 1 is 1.15 bits per heavy atom. The normalized spacial score (nSPS) is 17.3.